The molecule has 9 nitrogen and oxygen atoms in total. The minimum absolute atomic E-state index is 0.0413. The van der Waals surface area contributed by atoms with E-state index in [1.807, 2.05) is 0 Å². The minimum atomic E-state index is -3.80. The fourth-order valence-electron chi connectivity index (χ4n) is 5.86. The van der Waals surface area contributed by atoms with Crippen LogP contribution in [0, 0.1) is 10.8 Å². The molecule has 2 N–H and O–H groups in total. The summed E-state index contributed by atoms with van der Waals surface area (Å²) < 4.78 is 33.8. The van der Waals surface area contributed by atoms with Crippen molar-refractivity contribution in [3.05, 3.63) is 54.1 Å². The molecule has 2 atom stereocenters. The maximum Gasteiger partial charge on any atom is 0.338 e. The molecule has 2 amide bonds. The van der Waals surface area contributed by atoms with Crippen LogP contribution >= 0.6 is 0 Å². The van der Waals surface area contributed by atoms with E-state index in [-0.39, 0.29) is 33.2 Å². The van der Waals surface area contributed by atoms with Gasteiger partial charge in [0.2, 0.25) is 15.9 Å². The molecule has 2 aromatic rings. The van der Waals surface area contributed by atoms with Crippen LogP contribution in [-0.4, -0.2) is 49.7 Å². The smallest absolute Gasteiger partial charge is 0.338 e. The molecule has 10 heteroatoms. The van der Waals surface area contributed by atoms with Crippen LogP contribution in [-0.2, 0) is 24.3 Å². The number of rotatable bonds is 7. The number of amides is 2. The summed E-state index contributed by atoms with van der Waals surface area (Å²) in [6.45, 7) is 7.83. The zero-order chi connectivity index (χ0) is 27.0. The molecule has 0 radical (unpaired) electrons. The average Bonchev–Trinajstić information content (AvgIpc) is 3.07. The van der Waals surface area contributed by atoms with Crippen molar-refractivity contribution in [1.29, 1.82) is 0 Å². The van der Waals surface area contributed by atoms with E-state index in [2.05, 4.69) is 31.4 Å². The molecule has 4 rings (SSSR count). The zero-order valence-corrected chi connectivity index (χ0v) is 22.4. The van der Waals surface area contributed by atoms with Crippen LogP contribution in [0.5, 0.6) is 0 Å². The second-order valence-electron chi connectivity index (χ2n) is 11.2. The molecule has 198 valence electrons. The summed E-state index contributed by atoms with van der Waals surface area (Å²) >= 11 is 0. The van der Waals surface area contributed by atoms with Crippen molar-refractivity contribution in [2.24, 2.45) is 10.8 Å². The fraction of sp³-hybridized carbons (Fsp3) is 0.444. The van der Waals surface area contributed by atoms with Crippen molar-refractivity contribution in [2.75, 3.05) is 23.8 Å². The number of ether oxygens (including phenoxy) is 1. The highest BCUT2D eigenvalue weighted by Crippen LogP contribution is 2.53. The first-order chi connectivity index (χ1) is 17.3. The number of sulfonamides is 1. The number of anilines is 2. The molecule has 2 fully saturated rings. The highest BCUT2D eigenvalue weighted by Gasteiger charge is 2.53. The first-order valence-corrected chi connectivity index (χ1v) is 13.7. The van der Waals surface area contributed by atoms with Gasteiger partial charge in [0.1, 0.15) is 0 Å². The molecule has 2 aromatic carbocycles. The maximum absolute atomic E-state index is 13.5. The first-order valence-electron chi connectivity index (χ1n) is 12.2. The van der Waals surface area contributed by atoms with Gasteiger partial charge in [-0.15, -0.1) is 0 Å². The van der Waals surface area contributed by atoms with Gasteiger partial charge >= 0.3 is 5.97 Å². The quantitative estimate of drug-likeness (QED) is 0.525. The van der Waals surface area contributed by atoms with Crippen molar-refractivity contribution >= 4 is 39.2 Å². The number of hydrogen-bond acceptors (Lipinski definition) is 6. The number of esters is 1. The third-order valence-electron chi connectivity index (χ3n) is 6.87. The summed E-state index contributed by atoms with van der Waals surface area (Å²) in [6.07, 6.45) is 2.60. The van der Waals surface area contributed by atoms with Gasteiger partial charge in [-0.3, -0.25) is 9.59 Å². The lowest BCUT2D eigenvalue weighted by atomic mass is 9.65. The molecular formula is C27H33N3O6S. The van der Waals surface area contributed by atoms with E-state index < -0.39 is 28.5 Å². The highest BCUT2D eigenvalue weighted by molar-refractivity contribution is 7.89. The molecule has 1 aliphatic heterocycles. The zero-order valence-electron chi connectivity index (χ0n) is 21.5. The molecule has 1 heterocycles. The van der Waals surface area contributed by atoms with Gasteiger partial charge in [-0.25, -0.2) is 13.2 Å². The average molecular weight is 528 g/mol. The standard InChI is InChI=1S/C27H33N3O6S/c1-18(31)28-20-8-10-21(11-9-20)29-24(32)15-36-25(33)19-6-5-7-23(12-19)37(34,35)30-17-27(4)14-22(30)13-26(2,3)16-27/h5-12,22H,13-17H2,1-4H3,(H,28,31)(H,29,32)/t22-,27+/m0/s1. The largest absolute Gasteiger partial charge is 0.452 e. The predicted octanol–water partition coefficient (Wildman–Crippen LogP) is 4.03. The van der Waals surface area contributed by atoms with E-state index in [1.165, 1.54) is 31.2 Å². The summed E-state index contributed by atoms with van der Waals surface area (Å²) in [7, 11) is -3.80. The monoisotopic (exact) mass is 527 g/mol. The SMILES string of the molecule is CC(=O)Nc1ccc(NC(=O)COC(=O)c2cccc(S(=O)(=O)N3C[C@]4(C)C[C@@H]3CC(C)(C)C4)c2)cc1. The highest BCUT2D eigenvalue weighted by atomic mass is 32.2. The third kappa shape index (κ3) is 6.19. The Labute approximate surface area is 217 Å². The summed E-state index contributed by atoms with van der Waals surface area (Å²) in [6, 6.07) is 12.2. The molecule has 0 spiro atoms. The molecule has 1 saturated carbocycles. The van der Waals surface area contributed by atoms with Crippen LogP contribution in [0.25, 0.3) is 0 Å². The second kappa shape index (κ2) is 9.90. The van der Waals surface area contributed by atoms with Crippen LogP contribution in [0.2, 0.25) is 0 Å². The van der Waals surface area contributed by atoms with Gasteiger partial charge in [-0.1, -0.05) is 26.8 Å². The van der Waals surface area contributed by atoms with Gasteiger partial charge in [0.25, 0.3) is 5.91 Å². The normalized spacial score (nSPS) is 22.8. The molecule has 2 bridgehead atoms. The van der Waals surface area contributed by atoms with Crippen molar-refractivity contribution < 1.29 is 27.5 Å². The summed E-state index contributed by atoms with van der Waals surface area (Å²) in [4.78, 5) is 36.0. The van der Waals surface area contributed by atoms with E-state index in [0.29, 0.717) is 17.9 Å². The van der Waals surface area contributed by atoms with Gasteiger partial charge in [-0.2, -0.15) is 4.31 Å². The maximum atomic E-state index is 13.5. The van der Waals surface area contributed by atoms with Gasteiger partial charge in [0.15, 0.2) is 6.61 Å². The lowest BCUT2D eigenvalue weighted by Crippen LogP contribution is -2.37. The van der Waals surface area contributed by atoms with Crippen LogP contribution in [0.15, 0.2) is 53.4 Å². The second-order valence-corrected chi connectivity index (χ2v) is 13.1. The third-order valence-corrected chi connectivity index (χ3v) is 8.76. The Balaban J connectivity index is 1.38. The number of nitrogens with one attached hydrogen (secondary N) is 2. The first kappa shape index (κ1) is 26.8. The summed E-state index contributed by atoms with van der Waals surface area (Å²) in [5.41, 5.74) is 1.12. The molecule has 2 aliphatic rings. The van der Waals surface area contributed by atoms with Crippen LogP contribution in [0.1, 0.15) is 57.3 Å². The molecule has 0 aromatic heterocycles. The number of carbonyl (C=O) groups excluding carboxylic acids is 3. The molecular weight excluding hydrogens is 494 g/mol. The summed E-state index contributed by atoms with van der Waals surface area (Å²) in [5, 5.41) is 5.23. The van der Waals surface area contributed by atoms with Crippen molar-refractivity contribution in [3.63, 3.8) is 0 Å². The Morgan fingerprint density at radius 1 is 1.00 bits per heavy atom. The fourth-order valence-corrected chi connectivity index (χ4v) is 7.68. The van der Waals surface area contributed by atoms with Crippen molar-refractivity contribution in [2.45, 2.75) is 57.9 Å². The Morgan fingerprint density at radius 3 is 2.30 bits per heavy atom. The predicted molar refractivity (Wildman–Crippen MR) is 140 cm³/mol. The lowest BCUT2D eigenvalue weighted by Gasteiger charge is -2.39. The number of nitrogens with zero attached hydrogens (tertiary/aromatic N) is 1. The van der Waals surface area contributed by atoms with E-state index in [0.717, 1.165) is 19.3 Å². The van der Waals surface area contributed by atoms with E-state index in [4.69, 9.17) is 4.74 Å². The topological polar surface area (TPSA) is 122 Å². The van der Waals surface area contributed by atoms with Crippen LogP contribution in [0.3, 0.4) is 0 Å². The molecule has 1 saturated heterocycles. The van der Waals surface area contributed by atoms with Gasteiger partial charge in [-0.05, 0) is 72.6 Å². The van der Waals surface area contributed by atoms with Crippen molar-refractivity contribution in [3.8, 4) is 0 Å². The van der Waals surface area contributed by atoms with Gasteiger partial charge in [0, 0.05) is 30.9 Å². The Hall–Kier alpha value is -3.24. The molecule has 0 unspecified atom stereocenters. The van der Waals surface area contributed by atoms with E-state index in [1.54, 1.807) is 28.6 Å². The number of hydrogen-bond donors (Lipinski definition) is 2. The van der Waals surface area contributed by atoms with E-state index >= 15 is 0 Å². The Bertz CT molecular complexity index is 1320. The van der Waals surface area contributed by atoms with Gasteiger partial charge in [0.05, 0.1) is 10.5 Å². The molecule has 37 heavy (non-hydrogen) atoms. The summed E-state index contributed by atoms with van der Waals surface area (Å²) in [5.74, 6) is -1.55. The minimum Gasteiger partial charge on any atom is -0.452 e. The van der Waals surface area contributed by atoms with Crippen molar-refractivity contribution in [1.82, 2.24) is 4.31 Å². The number of carbonyl (C=O) groups is 3. The van der Waals surface area contributed by atoms with E-state index in [9.17, 15) is 22.8 Å². The molecule has 1 aliphatic carbocycles. The Kier molecular flexibility index (Phi) is 7.18. The lowest BCUT2D eigenvalue weighted by molar-refractivity contribution is -0.119. The van der Waals surface area contributed by atoms with Gasteiger partial charge < -0.3 is 15.4 Å². The number of fused-ring (bicyclic) bond motifs is 2. The number of benzene rings is 2. The van der Waals surface area contributed by atoms with Crippen LogP contribution in [0.4, 0.5) is 11.4 Å². The van der Waals surface area contributed by atoms with Crippen LogP contribution < -0.4 is 10.6 Å². The Morgan fingerprint density at radius 2 is 1.65 bits per heavy atom.